The standard InChI is InChI=1S/C14H10BrF2NOS/c15-10-4-11(16)6-12(5-10)19-7-9-2-1-8(14(18)20)3-13(9)17/h1-6H,7H2,(H2,18,20). The molecule has 0 saturated heterocycles. The van der Waals surface area contributed by atoms with E-state index in [1.165, 1.54) is 24.3 Å². The summed E-state index contributed by atoms with van der Waals surface area (Å²) in [5.41, 5.74) is 6.21. The molecule has 20 heavy (non-hydrogen) atoms. The number of hydrogen-bond acceptors (Lipinski definition) is 2. The second-order valence-corrected chi connectivity index (χ2v) is 5.42. The topological polar surface area (TPSA) is 35.2 Å². The molecule has 0 atom stereocenters. The van der Waals surface area contributed by atoms with Crippen molar-refractivity contribution in [2.45, 2.75) is 6.61 Å². The first-order chi connectivity index (χ1) is 9.45. The van der Waals surface area contributed by atoms with E-state index < -0.39 is 11.6 Å². The lowest BCUT2D eigenvalue weighted by atomic mass is 10.1. The summed E-state index contributed by atoms with van der Waals surface area (Å²) in [5.74, 6) is -0.584. The highest BCUT2D eigenvalue weighted by molar-refractivity contribution is 9.10. The average molecular weight is 358 g/mol. The average Bonchev–Trinajstić information content (AvgIpc) is 2.36. The highest BCUT2D eigenvalue weighted by atomic mass is 79.9. The molecular formula is C14H10BrF2NOS. The summed E-state index contributed by atoms with van der Waals surface area (Å²) < 4.78 is 32.9. The van der Waals surface area contributed by atoms with Gasteiger partial charge in [-0.05, 0) is 18.2 Å². The van der Waals surface area contributed by atoms with Gasteiger partial charge in [0.2, 0.25) is 0 Å². The van der Waals surface area contributed by atoms with Crippen molar-refractivity contribution < 1.29 is 13.5 Å². The molecule has 2 aromatic carbocycles. The molecule has 0 aliphatic carbocycles. The van der Waals surface area contributed by atoms with E-state index in [1.54, 1.807) is 12.1 Å². The molecular weight excluding hydrogens is 348 g/mol. The number of benzene rings is 2. The third-order valence-electron chi connectivity index (χ3n) is 2.57. The van der Waals surface area contributed by atoms with Gasteiger partial charge in [0, 0.05) is 21.7 Å². The summed E-state index contributed by atoms with van der Waals surface area (Å²) in [5, 5.41) is 0. The molecule has 0 aliphatic rings. The van der Waals surface area contributed by atoms with Crippen LogP contribution in [0.1, 0.15) is 11.1 Å². The maximum absolute atomic E-state index is 13.8. The zero-order valence-corrected chi connectivity index (χ0v) is 12.6. The van der Waals surface area contributed by atoms with Crippen molar-refractivity contribution in [2.75, 3.05) is 0 Å². The summed E-state index contributed by atoms with van der Waals surface area (Å²) in [7, 11) is 0. The molecule has 0 fully saturated rings. The molecule has 0 spiro atoms. The summed E-state index contributed by atoms with van der Waals surface area (Å²) in [6, 6.07) is 8.55. The zero-order chi connectivity index (χ0) is 14.7. The second-order valence-electron chi connectivity index (χ2n) is 4.06. The Morgan fingerprint density at radius 2 is 1.95 bits per heavy atom. The van der Waals surface area contributed by atoms with Crippen molar-refractivity contribution in [3.8, 4) is 5.75 Å². The Morgan fingerprint density at radius 1 is 1.20 bits per heavy atom. The van der Waals surface area contributed by atoms with E-state index in [4.69, 9.17) is 22.7 Å². The fourth-order valence-corrected chi connectivity index (χ4v) is 2.16. The van der Waals surface area contributed by atoms with Gasteiger partial charge in [-0.3, -0.25) is 0 Å². The molecule has 6 heteroatoms. The molecule has 0 unspecified atom stereocenters. The molecule has 0 aromatic heterocycles. The number of halogens is 3. The third-order valence-corrected chi connectivity index (χ3v) is 3.26. The van der Waals surface area contributed by atoms with Gasteiger partial charge in [-0.2, -0.15) is 0 Å². The maximum atomic E-state index is 13.8. The zero-order valence-electron chi connectivity index (χ0n) is 10.2. The predicted molar refractivity (Wildman–Crippen MR) is 80.7 cm³/mol. The summed E-state index contributed by atoms with van der Waals surface area (Å²) in [6.45, 7) is -0.0145. The van der Waals surface area contributed by atoms with Crippen LogP contribution in [0.4, 0.5) is 8.78 Å². The largest absolute Gasteiger partial charge is 0.489 e. The van der Waals surface area contributed by atoms with Crippen molar-refractivity contribution in [2.24, 2.45) is 5.73 Å². The van der Waals surface area contributed by atoms with Crippen molar-refractivity contribution in [1.82, 2.24) is 0 Å². The van der Waals surface area contributed by atoms with E-state index in [1.807, 2.05) is 0 Å². The molecule has 2 rings (SSSR count). The van der Waals surface area contributed by atoms with Gasteiger partial charge in [-0.1, -0.05) is 40.3 Å². The smallest absolute Gasteiger partial charge is 0.130 e. The molecule has 0 bridgehead atoms. The number of thiocarbonyl (C=S) groups is 1. The van der Waals surface area contributed by atoms with Crippen LogP contribution in [0.2, 0.25) is 0 Å². The van der Waals surface area contributed by atoms with Gasteiger partial charge in [0.15, 0.2) is 0 Å². The molecule has 0 saturated carbocycles. The lowest BCUT2D eigenvalue weighted by Crippen LogP contribution is -2.10. The number of hydrogen-bond donors (Lipinski definition) is 1. The Bertz CT molecular complexity index is 643. The number of rotatable bonds is 4. The normalized spacial score (nSPS) is 10.3. The van der Waals surface area contributed by atoms with Crippen molar-refractivity contribution >= 4 is 33.1 Å². The minimum absolute atomic E-state index is 0.0145. The Labute approximate surface area is 128 Å². The van der Waals surface area contributed by atoms with Crippen LogP contribution < -0.4 is 10.5 Å². The molecule has 104 valence electrons. The van der Waals surface area contributed by atoms with E-state index >= 15 is 0 Å². The SMILES string of the molecule is NC(=S)c1ccc(COc2cc(F)cc(Br)c2)c(F)c1. The van der Waals surface area contributed by atoms with Crippen LogP contribution in [0.3, 0.4) is 0 Å². The lowest BCUT2D eigenvalue weighted by Gasteiger charge is -2.09. The monoisotopic (exact) mass is 357 g/mol. The first kappa shape index (κ1) is 14.9. The molecule has 2 N–H and O–H groups in total. The van der Waals surface area contributed by atoms with E-state index in [2.05, 4.69) is 15.9 Å². The first-order valence-electron chi connectivity index (χ1n) is 5.63. The number of nitrogens with two attached hydrogens (primary N) is 1. The molecule has 0 amide bonds. The highest BCUT2D eigenvalue weighted by Crippen LogP contribution is 2.22. The first-order valence-corrected chi connectivity index (χ1v) is 6.83. The Hall–Kier alpha value is -1.53. The van der Waals surface area contributed by atoms with Crippen LogP contribution in [-0.2, 0) is 6.61 Å². The third kappa shape index (κ3) is 3.74. The van der Waals surface area contributed by atoms with Gasteiger partial charge in [0.1, 0.15) is 29.0 Å². The Balaban J connectivity index is 2.12. The highest BCUT2D eigenvalue weighted by Gasteiger charge is 2.07. The van der Waals surface area contributed by atoms with Gasteiger partial charge < -0.3 is 10.5 Å². The Morgan fingerprint density at radius 3 is 2.55 bits per heavy atom. The minimum Gasteiger partial charge on any atom is -0.489 e. The predicted octanol–water partition coefficient (Wildman–Crippen LogP) is 3.94. The van der Waals surface area contributed by atoms with E-state index in [0.29, 0.717) is 21.3 Å². The van der Waals surface area contributed by atoms with E-state index in [0.717, 1.165) is 0 Å². The Kier molecular flexibility index (Phi) is 4.67. The van der Waals surface area contributed by atoms with Crippen molar-refractivity contribution in [3.63, 3.8) is 0 Å². The van der Waals surface area contributed by atoms with Crippen molar-refractivity contribution in [1.29, 1.82) is 0 Å². The van der Waals surface area contributed by atoms with Crippen LogP contribution in [-0.4, -0.2) is 4.99 Å². The summed E-state index contributed by atoms with van der Waals surface area (Å²) in [4.78, 5) is 0.130. The number of ether oxygens (including phenoxy) is 1. The maximum Gasteiger partial charge on any atom is 0.130 e. The molecule has 0 aliphatic heterocycles. The fourth-order valence-electron chi connectivity index (χ4n) is 1.59. The van der Waals surface area contributed by atoms with E-state index in [9.17, 15) is 8.78 Å². The minimum atomic E-state index is -0.467. The van der Waals surface area contributed by atoms with E-state index in [-0.39, 0.29) is 11.6 Å². The molecule has 0 heterocycles. The summed E-state index contributed by atoms with van der Waals surface area (Å²) in [6.07, 6.45) is 0. The van der Waals surface area contributed by atoms with Crippen molar-refractivity contribution in [3.05, 3.63) is 63.6 Å². The molecule has 2 aromatic rings. The summed E-state index contributed by atoms with van der Waals surface area (Å²) >= 11 is 7.92. The molecule has 0 radical (unpaired) electrons. The van der Waals surface area contributed by atoms with Gasteiger partial charge >= 0.3 is 0 Å². The van der Waals surface area contributed by atoms with Gasteiger partial charge in [-0.15, -0.1) is 0 Å². The van der Waals surface area contributed by atoms with Crippen LogP contribution in [0.5, 0.6) is 5.75 Å². The van der Waals surface area contributed by atoms with Gasteiger partial charge in [-0.25, -0.2) is 8.78 Å². The molecule has 2 nitrogen and oxygen atoms in total. The van der Waals surface area contributed by atoms with Crippen LogP contribution in [0.15, 0.2) is 40.9 Å². The second kappa shape index (κ2) is 6.28. The quantitative estimate of drug-likeness (QED) is 0.841. The van der Waals surface area contributed by atoms with Gasteiger partial charge in [0.25, 0.3) is 0 Å². The van der Waals surface area contributed by atoms with Crippen LogP contribution in [0.25, 0.3) is 0 Å². The fraction of sp³-hybridized carbons (Fsp3) is 0.0714. The lowest BCUT2D eigenvalue weighted by molar-refractivity contribution is 0.298. The van der Waals surface area contributed by atoms with Crippen LogP contribution >= 0.6 is 28.1 Å². The van der Waals surface area contributed by atoms with Gasteiger partial charge in [0.05, 0.1) is 0 Å². The van der Waals surface area contributed by atoms with Crippen LogP contribution in [0, 0.1) is 11.6 Å².